The van der Waals surface area contributed by atoms with Gasteiger partial charge < -0.3 is 15.4 Å². The highest BCUT2D eigenvalue weighted by Crippen LogP contribution is 2.13. The summed E-state index contributed by atoms with van der Waals surface area (Å²) in [5, 5.41) is 0. The molecule has 100 valence electrons. The second kappa shape index (κ2) is 6.40. The maximum absolute atomic E-state index is 12.0. The van der Waals surface area contributed by atoms with Crippen LogP contribution in [0.5, 0.6) is 5.75 Å². The Morgan fingerprint density at radius 3 is 2.33 bits per heavy atom. The molecule has 4 nitrogen and oxygen atoms in total. The van der Waals surface area contributed by atoms with Gasteiger partial charge in [0.15, 0.2) is 0 Å². The quantitative estimate of drug-likeness (QED) is 0.864. The lowest BCUT2D eigenvalue weighted by molar-refractivity contribution is -0.132. The molecule has 0 radical (unpaired) electrons. The van der Waals surface area contributed by atoms with E-state index in [-0.39, 0.29) is 11.8 Å². The molecule has 0 bridgehead atoms. The number of likely N-dealkylation sites (N-methyl/N-ethyl adjacent to an activating group) is 1. The lowest BCUT2D eigenvalue weighted by Crippen LogP contribution is -2.44. The molecule has 1 atom stereocenters. The van der Waals surface area contributed by atoms with E-state index in [1.165, 1.54) is 0 Å². The predicted octanol–water partition coefficient (Wildman–Crippen LogP) is 1.64. The van der Waals surface area contributed by atoms with Crippen molar-refractivity contribution in [2.45, 2.75) is 26.4 Å². The van der Waals surface area contributed by atoms with Gasteiger partial charge in [0.1, 0.15) is 5.75 Å². The lowest BCUT2D eigenvalue weighted by Gasteiger charge is -2.23. The number of rotatable bonds is 5. The highest BCUT2D eigenvalue weighted by Gasteiger charge is 2.20. The molecule has 1 unspecified atom stereocenters. The van der Waals surface area contributed by atoms with Crippen molar-refractivity contribution < 1.29 is 9.53 Å². The van der Waals surface area contributed by atoms with E-state index in [0.717, 1.165) is 11.3 Å². The van der Waals surface area contributed by atoms with Crippen LogP contribution in [0.15, 0.2) is 24.3 Å². The van der Waals surface area contributed by atoms with E-state index in [0.29, 0.717) is 6.54 Å². The average Bonchev–Trinajstić information content (AvgIpc) is 2.37. The molecule has 0 aliphatic carbocycles. The maximum atomic E-state index is 12.0. The zero-order valence-electron chi connectivity index (χ0n) is 11.5. The molecular formula is C14H22N2O2. The summed E-state index contributed by atoms with van der Waals surface area (Å²) in [5.74, 6) is 0.934. The first-order valence-corrected chi connectivity index (χ1v) is 6.09. The Labute approximate surface area is 109 Å². The number of nitrogens with two attached hydrogens (primary N) is 1. The molecule has 1 rings (SSSR count). The number of benzene rings is 1. The van der Waals surface area contributed by atoms with Crippen molar-refractivity contribution in [2.75, 3.05) is 14.2 Å². The number of amides is 1. The van der Waals surface area contributed by atoms with Gasteiger partial charge in [-0.05, 0) is 23.6 Å². The number of methoxy groups -OCH3 is 1. The summed E-state index contributed by atoms with van der Waals surface area (Å²) in [4.78, 5) is 13.6. The third-order valence-corrected chi connectivity index (χ3v) is 2.96. The van der Waals surface area contributed by atoms with Gasteiger partial charge in [-0.2, -0.15) is 0 Å². The molecule has 1 amide bonds. The van der Waals surface area contributed by atoms with E-state index in [2.05, 4.69) is 0 Å². The number of hydrogen-bond acceptors (Lipinski definition) is 3. The minimum atomic E-state index is -0.437. The topological polar surface area (TPSA) is 55.6 Å². The second-order valence-corrected chi connectivity index (χ2v) is 4.81. The average molecular weight is 250 g/mol. The van der Waals surface area contributed by atoms with E-state index in [4.69, 9.17) is 10.5 Å². The lowest BCUT2D eigenvalue weighted by atomic mass is 10.0. The number of carbonyl (C=O) groups is 1. The van der Waals surface area contributed by atoms with Gasteiger partial charge in [-0.25, -0.2) is 0 Å². The van der Waals surface area contributed by atoms with Crippen LogP contribution in [0.4, 0.5) is 0 Å². The van der Waals surface area contributed by atoms with Gasteiger partial charge in [-0.15, -0.1) is 0 Å². The minimum absolute atomic E-state index is 0.0270. The maximum Gasteiger partial charge on any atom is 0.239 e. The van der Waals surface area contributed by atoms with Crippen LogP contribution in [-0.2, 0) is 11.3 Å². The van der Waals surface area contributed by atoms with Gasteiger partial charge in [0.25, 0.3) is 0 Å². The van der Waals surface area contributed by atoms with Crippen molar-refractivity contribution in [3.63, 3.8) is 0 Å². The van der Waals surface area contributed by atoms with Crippen LogP contribution in [0, 0.1) is 5.92 Å². The standard InChI is InChI=1S/C14H22N2O2/c1-10(2)13(15)14(17)16(3)9-11-5-7-12(18-4)8-6-11/h5-8,10,13H,9,15H2,1-4H3. The first-order chi connectivity index (χ1) is 8.45. The van der Waals surface area contributed by atoms with Gasteiger partial charge in [-0.1, -0.05) is 26.0 Å². The third-order valence-electron chi connectivity index (χ3n) is 2.96. The Balaban J connectivity index is 2.63. The van der Waals surface area contributed by atoms with Gasteiger partial charge in [0.2, 0.25) is 5.91 Å². The van der Waals surface area contributed by atoms with E-state index < -0.39 is 6.04 Å². The summed E-state index contributed by atoms with van der Waals surface area (Å²) in [7, 11) is 3.40. The van der Waals surface area contributed by atoms with E-state index in [1.54, 1.807) is 19.1 Å². The summed E-state index contributed by atoms with van der Waals surface area (Å²) in [6.45, 7) is 4.46. The van der Waals surface area contributed by atoms with Crippen LogP contribution in [0.25, 0.3) is 0 Å². The highest BCUT2D eigenvalue weighted by atomic mass is 16.5. The third kappa shape index (κ3) is 3.74. The van der Waals surface area contributed by atoms with Crippen molar-refractivity contribution in [3.8, 4) is 5.75 Å². The summed E-state index contributed by atoms with van der Waals surface area (Å²) in [6.07, 6.45) is 0. The van der Waals surface area contributed by atoms with Gasteiger partial charge in [0, 0.05) is 13.6 Å². The molecule has 0 heterocycles. The SMILES string of the molecule is COc1ccc(CN(C)C(=O)C(N)C(C)C)cc1. The van der Waals surface area contributed by atoms with Crippen molar-refractivity contribution >= 4 is 5.91 Å². The van der Waals surface area contributed by atoms with Gasteiger partial charge >= 0.3 is 0 Å². The first-order valence-electron chi connectivity index (χ1n) is 6.09. The first kappa shape index (κ1) is 14.5. The molecular weight excluding hydrogens is 228 g/mol. The van der Waals surface area contributed by atoms with Crippen LogP contribution in [-0.4, -0.2) is 31.0 Å². The Morgan fingerprint density at radius 2 is 1.89 bits per heavy atom. The van der Waals surface area contributed by atoms with Crippen molar-refractivity contribution in [2.24, 2.45) is 11.7 Å². The van der Waals surface area contributed by atoms with E-state index in [9.17, 15) is 4.79 Å². The van der Waals surface area contributed by atoms with Crippen LogP contribution >= 0.6 is 0 Å². The zero-order valence-corrected chi connectivity index (χ0v) is 11.5. The monoisotopic (exact) mass is 250 g/mol. The smallest absolute Gasteiger partial charge is 0.239 e. The Bertz CT molecular complexity index is 387. The molecule has 0 saturated carbocycles. The Hall–Kier alpha value is -1.55. The van der Waals surface area contributed by atoms with E-state index >= 15 is 0 Å². The van der Waals surface area contributed by atoms with Crippen LogP contribution < -0.4 is 10.5 Å². The summed E-state index contributed by atoms with van der Waals surface area (Å²) >= 11 is 0. The molecule has 0 spiro atoms. The summed E-state index contributed by atoms with van der Waals surface area (Å²) < 4.78 is 5.09. The zero-order chi connectivity index (χ0) is 13.7. The molecule has 1 aromatic rings. The molecule has 0 aromatic heterocycles. The van der Waals surface area contributed by atoms with Crippen LogP contribution in [0.2, 0.25) is 0 Å². The van der Waals surface area contributed by atoms with Crippen molar-refractivity contribution in [1.29, 1.82) is 0 Å². The molecule has 1 aromatic carbocycles. The van der Waals surface area contributed by atoms with Crippen LogP contribution in [0.3, 0.4) is 0 Å². The van der Waals surface area contributed by atoms with E-state index in [1.807, 2.05) is 38.1 Å². The normalized spacial score (nSPS) is 12.3. The van der Waals surface area contributed by atoms with Gasteiger partial charge in [-0.3, -0.25) is 4.79 Å². The fourth-order valence-electron chi connectivity index (χ4n) is 1.62. The fourth-order valence-corrected chi connectivity index (χ4v) is 1.62. The number of ether oxygens (including phenoxy) is 1. The summed E-state index contributed by atoms with van der Waals surface area (Å²) in [6, 6.07) is 7.23. The van der Waals surface area contributed by atoms with Crippen molar-refractivity contribution in [1.82, 2.24) is 4.90 Å². The highest BCUT2D eigenvalue weighted by molar-refractivity contribution is 5.81. The molecule has 0 aliphatic heterocycles. The Kier molecular flexibility index (Phi) is 5.16. The number of nitrogens with zero attached hydrogens (tertiary/aromatic N) is 1. The van der Waals surface area contributed by atoms with Crippen LogP contribution in [0.1, 0.15) is 19.4 Å². The van der Waals surface area contributed by atoms with Crippen molar-refractivity contribution in [3.05, 3.63) is 29.8 Å². The Morgan fingerprint density at radius 1 is 1.33 bits per heavy atom. The molecule has 0 saturated heterocycles. The number of hydrogen-bond donors (Lipinski definition) is 1. The predicted molar refractivity (Wildman–Crippen MR) is 72.3 cm³/mol. The molecule has 0 aliphatic rings. The van der Waals surface area contributed by atoms with Gasteiger partial charge in [0.05, 0.1) is 13.2 Å². The summed E-state index contributed by atoms with van der Waals surface area (Å²) in [5.41, 5.74) is 6.91. The molecule has 18 heavy (non-hydrogen) atoms. The largest absolute Gasteiger partial charge is 0.497 e. The molecule has 2 N–H and O–H groups in total. The minimum Gasteiger partial charge on any atom is -0.497 e. The second-order valence-electron chi connectivity index (χ2n) is 4.81. The number of carbonyl (C=O) groups excluding carboxylic acids is 1. The molecule has 4 heteroatoms. The fraction of sp³-hybridized carbons (Fsp3) is 0.500. The molecule has 0 fully saturated rings.